The number of hydrogen-bond acceptors (Lipinski definition) is 3. The summed E-state index contributed by atoms with van der Waals surface area (Å²) in [5, 5.41) is 8.81. The normalized spacial score (nSPS) is 10.5. The van der Waals surface area contributed by atoms with Crippen LogP contribution in [-0.4, -0.2) is 11.1 Å². The average Bonchev–Trinajstić information content (AvgIpc) is 2.72. The molecule has 0 fully saturated rings. The Morgan fingerprint density at radius 1 is 1.32 bits per heavy atom. The third-order valence-electron chi connectivity index (χ3n) is 2.44. The van der Waals surface area contributed by atoms with Gasteiger partial charge in [-0.3, -0.25) is 0 Å². The minimum atomic E-state index is -1.17. The highest BCUT2D eigenvalue weighted by Crippen LogP contribution is 2.19. The van der Waals surface area contributed by atoms with E-state index in [9.17, 15) is 13.6 Å². The molecule has 2 aromatic rings. The number of furan rings is 1. The first-order valence-corrected chi connectivity index (χ1v) is 5.38. The maximum absolute atomic E-state index is 12.9. The molecule has 0 unspecified atom stereocenters. The number of carboxylic acids is 1. The van der Waals surface area contributed by atoms with Crippen LogP contribution in [-0.2, 0) is 6.61 Å². The summed E-state index contributed by atoms with van der Waals surface area (Å²) in [6, 6.07) is 4.64. The Bertz CT molecular complexity index is 619. The zero-order valence-corrected chi connectivity index (χ0v) is 9.94. The molecule has 0 saturated carbocycles. The summed E-state index contributed by atoms with van der Waals surface area (Å²) in [7, 11) is 0. The monoisotopic (exact) mass is 268 g/mol. The van der Waals surface area contributed by atoms with Gasteiger partial charge >= 0.3 is 5.97 Å². The molecule has 1 heterocycles. The smallest absolute Gasteiger partial charge is 0.372 e. The fourth-order valence-electron chi connectivity index (χ4n) is 1.55. The van der Waals surface area contributed by atoms with Crippen LogP contribution in [0, 0.1) is 18.6 Å². The fourth-order valence-corrected chi connectivity index (χ4v) is 1.55. The van der Waals surface area contributed by atoms with E-state index in [0.29, 0.717) is 11.3 Å². The molecule has 0 radical (unpaired) electrons. The summed E-state index contributed by atoms with van der Waals surface area (Å²) in [5.74, 6) is -2.89. The average molecular weight is 268 g/mol. The Morgan fingerprint density at radius 2 is 2.05 bits per heavy atom. The van der Waals surface area contributed by atoms with Gasteiger partial charge in [0.05, 0.1) is 0 Å². The molecule has 0 aliphatic heterocycles. The molecule has 4 nitrogen and oxygen atoms in total. The van der Waals surface area contributed by atoms with E-state index < -0.39 is 17.6 Å². The van der Waals surface area contributed by atoms with Gasteiger partial charge in [0.1, 0.15) is 18.1 Å². The predicted octanol–water partition coefficient (Wildman–Crippen LogP) is 3.14. The van der Waals surface area contributed by atoms with Crippen molar-refractivity contribution in [3.8, 4) is 5.75 Å². The molecule has 0 bridgehead atoms. The Morgan fingerprint density at radius 3 is 2.63 bits per heavy atom. The van der Waals surface area contributed by atoms with Crippen molar-refractivity contribution in [2.24, 2.45) is 0 Å². The second-order valence-electron chi connectivity index (χ2n) is 3.89. The first kappa shape index (κ1) is 13.1. The van der Waals surface area contributed by atoms with Crippen molar-refractivity contribution in [2.45, 2.75) is 13.5 Å². The van der Waals surface area contributed by atoms with E-state index in [1.54, 1.807) is 6.92 Å². The van der Waals surface area contributed by atoms with Gasteiger partial charge in [-0.05, 0) is 25.1 Å². The number of hydrogen-bond donors (Lipinski definition) is 1. The number of carbonyl (C=O) groups is 1. The Kier molecular flexibility index (Phi) is 3.50. The van der Waals surface area contributed by atoms with Crippen LogP contribution in [0.15, 0.2) is 28.7 Å². The number of aromatic carboxylic acids is 1. The Hall–Kier alpha value is -2.37. The Labute approximate surface area is 107 Å². The molecule has 0 spiro atoms. The molecule has 6 heteroatoms. The fraction of sp³-hybridized carbons (Fsp3) is 0.154. The van der Waals surface area contributed by atoms with Crippen molar-refractivity contribution in [1.29, 1.82) is 0 Å². The summed E-state index contributed by atoms with van der Waals surface area (Å²) >= 11 is 0. The molecule has 0 saturated heterocycles. The standard InChI is InChI=1S/C13H10F2O4/c1-7-4-9(19-12(7)13(16)17)6-18-8-2-3-10(14)11(15)5-8/h2-5H,6H2,1H3,(H,16,17). The molecule has 19 heavy (non-hydrogen) atoms. The second kappa shape index (κ2) is 5.09. The quantitative estimate of drug-likeness (QED) is 0.925. The number of benzene rings is 1. The lowest BCUT2D eigenvalue weighted by Gasteiger charge is -2.04. The molecule has 0 amide bonds. The van der Waals surface area contributed by atoms with E-state index in [4.69, 9.17) is 14.3 Å². The number of halogens is 2. The molecule has 0 atom stereocenters. The maximum atomic E-state index is 12.9. The number of carboxylic acid groups (broad SMARTS) is 1. The van der Waals surface area contributed by atoms with Crippen LogP contribution < -0.4 is 4.74 Å². The van der Waals surface area contributed by atoms with E-state index in [1.807, 2.05) is 0 Å². The third-order valence-corrected chi connectivity index (χ3v) is 2.44. The largest absolute Gasteiger partial charge is 0.486 e. The van der Waals surface area contributed by atoms with Gasteiger partial charge in [-0.15, -0.1) is 0 Å². The summed E-state index contributed by atoms with van der Waals surface area (Å²) in [6.07, 6.45) is 0. The van der Waals surface area contributed by atoms with Gasteiger partial charge in [-0.2, -0.15) is 0 Å². The molecule has 1 aromatic carbocycles. The van der Waals surface area contributed by atoms with E-state index in [-0.39, 0.29) is 18.1 Å². The molecule has 0 aliphatic rings. The predicted molar refractivity (Wildman–Crippen MR) is 61.1 cm³/mol. The second-order valence-corrected chi connectivity index (χ2v) is 3.89. The lowest BCUT2D eigenvalue weighted by molar-refractivity contribution is 0.0657. The van der Waals surface area contributed by atoms with E-state index >= 15 is 0 Å². The van der Waals surface area contributed by atoms with Crippen molar-refractivity contribution >= 4 is 5.97 Å². The van der Waals surface area contributed by atoms with Crippen LogP contribution >= 0.6 is 0 Å². The van der Waals surface area contributed by atoms with Gasteiger partial charge in [0, 0.05) is 11.6 Å². The summed E-state index contributed by atoms with van der Waals surface area (Å²) in [5.41, 5.74) is 0.469. The lowest BCUT2D eigenvalue weighted by atomic mass is 10.2. The SMILES string of the molecule is Cc1cc(COc2ccc(F)c(F)c2)oc1C(=O)O. The van der Waals surface area contributed by atoms with Crippen LogP contribution in [0.3, 0.4) is 0 Å². The van der Waals surface area contributed by atoms with Crippen molar-refractivity contribution in [3.05, 3.63) is 53.0 Å². The van der Waals surface area contributed by atoms with Gasteiger partial charge < -0.3 is 14.3 Å². The first-order valence-electron chi connectivity index (χ1n) is 5.38. The molecular formula is C13H10F2O4. The summed E-state index contributed by atoms with van der Waals surface area (Å²) in [4.78, 5) is 10.8. The van der Waals surface area contributed by atoms with Crippen molar-refractivity contribution < 1.29 is 27.8 Å². The maximum Gasteiger partial charge on any atom is 0.372 e. The van der Waals surface area contributed by atoms with E-state index in [0.717, 1.165) is 12.1 Å². The van der Waals surface area contributed by atoms with Crippen LogP contribution in [0.4, 0.5) is 8.78 Å². The van der Waals surface area contributed by atoms with Crippen molar-refractivity contribution in [3.63, 3.8) is 0 Å². The van der Waals surface area contributed by atoms with E-state index in [2.05, 4.69) is 0 Å². The Balaban J connectivity index is 2.08. The molecule has 100 valence electrons. The van der Waals surface area contributed by atoms with Gasteiger partial charge in [0.2, 0.25) is 5.76 Å². The van der Waals surface area contributed by atoms with Crippen molar-refractivity contribution in [1.82, 2.24) is 0 Å². The first-order chi connectivity index (χ1) is 8.97. The minimum absolute atomic E-state index is 0.0702. The highest BCUT2D eigenvalue weighted by atomic mass is 19.2. The topological polar surface area (TPSA) is 59.7 Å². The molecule has 0 aliphatic carbocycles. The molecule has 1 N–H and O–H groups in total. The molecule has 1 aromatic heterocycles. The highest BCUT2D eigenvalue weighted by Gasteiger charge is 2.14. The van der Waals surface area contributed by atoms with Crippen LogP contribution in [0.1, 0.15) is 21.9 Å². The van der Waals surface area contributed by atoms with Gasteiger partial charge in [-0.25, -0.2) is 13.6 Å². The number of aryl methyl sites for hydroxylation is 1. The van der Waals surface area contributed by atoms with Gasteiger partial charge in [0.25, 0.3) is 0 Å². The van der Waals surface area contributed by atoms with Crippen LogP contribution in [0.5, 0.6) is 5.75 Å². The van der Waals surface area contributed by atoms with Crippen LogP contribution in [0.2, 0.25) is 0 Å². The van der Waals surface area contributed by atoms with E-state index in [1.165, 1.54) is 12.1 Å². The molecular weight excluding hydrogens is 258 g/mol. The highest BCUT2D eigenvalue weighted by molar-refractivity contribution is 5.86. The summed E-state index contributed by atoms with van der Waals surface area (Å²) in [6.45, 7) is 1.52. The zero-order chi connectivity index (χ0) is 14.0. The minimum Gasteiger partial charge on any atom is -0.486 e. The zero-order valence-electron chi connectivity index (χ0n) is 9.94. The molecule has 2 rings (SSSR count). The van der Waals surface area contributed by atoms with Gasteiger partial charge in [0.15, 0.2) is 11.6 Å². The van der Waals surface area contributed by atoms with Crippen molar-refractivity contribution in [2.75, 3.05) is 0 Å². The van der Waals surface area contributed by atoms with Gasteiger partial charge in [-0.1, -0.05) is 0 Å². The van der Waals surface area contributed by atoms with Crippen LogP contribution in [0.25, 0.3) is 0 Å². The number of rotatable bonds is 4. The lowest BCUT2D eigenvalue weighted by Crippen LogP contribution is -1.96. The third kappa shape index (κ3) is 2.90. The summed E-state index contributed by atoms with van der Waals surface area (Å²) < 4.78 is 35.9. The number of ether oxygens (including phenoxy) is 1.